The number of piperazine rings is 1. The fourth-order valence-electron chi connectivity index (χ4n) is 2.63. The van der Waals surface area contributed by atoms with E-state index in [0.29, 0.717) is 13.1 Å². The van der Waals surface area contributed by atoms with Crippen LogP contribution in [0.25, 0.3) is 0 Å². The molecule has 1 amide bonds. The van der Waals surface area contributed by atoms with Crippen LogP contribution in [0.2, 0.25) is 0 Å². The second kappa shape index (κ2) is 6.91. The van der Waals surface area contributed by atoms with Gasteiger partial charge in [-0.1, -0.05) is 32.9 Å². The van der Waals surface area contributed by atoms with E-state index in [-0.39, 0.29) is 29.5 Å². The van der Waals surface area contributed by atoms with Gasteiger partial charge in [-0.25, -0.2) is 8.42 Å². The number of hydrogen-bond acceptors (Lipinski definition) is 4. The molecule has 1 fully saturated rings. The summed E-state index contributed by atoms with van der Waals surface area (Å²) in [7, 11) is -3.72. The number of nitriles is 1. The fourth-order valence-corrected chi connectivity index (χ4v) is 4.20. The van der Waals surface area contributed by atoms with E-state index in [4.69, 9.17) is 5.26 Å². The number of sulfonamides is 1. The van der Waals surface area contributed by atoms with E-state index in [0.717, 1.165) is 6.42 Å². The standard InChI is InChI=1S/C17H23N3O3S/c1-4-17(2,3)16(21)19-9-11-20(12-10-19)24(22,23)15-8-6-5-7-14(15)13-18/h5-8H,4,9-12H2,1-3H3. The van der Waals surface area contributed by atoms with Crippen LogP contribution in [0.5, 0.6) is 0 Å². The van der Waals surface area contributed by atoms with Gasteiger partial charge >= 0.3 is 0 Å². The van der Waals surface area contributed by atoms with Crippen molar-refractivity contribution in [2.45, 2.75) is 32.1 Å². The molecule has 0 aliphatic carbocycles. The summed E-state index contributed by atoms with van der Waals surface area (Å²) in [5, 5.41) is 9.13. The lowest BCUT2D eigenvalue weighted by atomic mass is 9.88. The zero-order valence-corrected chi connectivity index (χ0v) is 15.1. The molecule has 2 rings (SSSR count). The van der Waals surface area contributed by atoms with E-state index in [9.17, 15) is 13.2 Å². The summed E-state index contributed by atoms with van der Waals surface area (Å²) in [6, 6.07) is 8.12. The van der Waals surface area contributed by atoms with Gasteiger partial charge in [0.25, 0.3) is 0 Å². The monoisotopic (exact) mass is 349 g/mol. The molecule has 6 nitrogen and oxygen atoms in total. The molecule has 0 saturated carbocycles. The maximum Gasteiger partial charge on any atom is 0.244 e. The second-order valence-electron chi connectivity index (χ2n) is 6.54. The number of carbonyl (C=O) groups is 1. The van der Waals surface area contributed by atoms with Gasteiger partial charge in [0.1, 0.15) is 6.07 Å². The zero-order chi connectivity index (χ0) is 18.0. The number of hydrogen-bond donors (Lipinski definition) is 0. The summed E-state index contributed by atoms with van der Waals surface area (Å²) in [6.45, 7) is 7.01. The molecule has 24 heavy (non-hydrogen) atoms. The van der Waals surface area contributed by atoms with Gasteiger partial charge in [0, 0.05) is 31.6 Å². The van der Waals surface area contributed by atoms with E-state index >= 15 is 0 Å². The first kappa shape index (κ1) is 18.4. The third kappa shape index (κ3) is 3.45. The molecule has 1 saturated heterocycles. The summed E-state index contributed by atoms with van der Waals surface area (Å²) < 4.78 is 26.9. The van der Waals surface area contributed by atoms with E-state index < -0.39 is 15.4 Å². The zero-order valence-electron chi connectivity index (χ0n) is 14.3. The normalized spacial score (nSPS) is 16.7. The number of rotatable bonds is 4. The molecule has 0 unspecified atom stereocenters. The summed E-state index contributed by atoms with van der Waals surface area (Å²) in [6.07, 6.45) is 0.736. The van der Waals surface area contributed by atoms with Gasteiger partial charge in [-0.3, -0.25) is 4.79 Å². The van der Waals surface area contributed by atoms with Crippen molar-refractivity contribution in [1.82, 2.24) is 9.21 Å². The molecule has 0 atom stereocenters. The molecular weight excluding hydrogens is 326 g/mol. The number of benzene rings is 1. The highest BCUT2D eigenvalue weighted by Crippen LogP contribution is 2.25. The number of nitrogens with zero attached hydrogens (tertiary/aromatic N) is 3. The molecule has 0 bridgehead atoms. The molecule has 1 heterocycles. The minimum atomic E-state index is -3.72. The van der Waals surface area contributed by atoms with Crippen molar-refractivity contribution in [3.63, 3.8) is 0 Å². The van der Waals surface area contributed by atoms with Crippen LogP contribution in [0, 0.1) is 16.7 Å². The van der Waals surface area contributed by atoms with Gasteiger partial charge in [0.2, 0.25) is 15.9 Å². The Morgan fingerprint density at radius 1 is 1.21 bits per heavy atom. The van der Waals surface area contributed by atoms with E-state index in [2.05, 4.69) is 0 Å². The van der Waals surface area contributed by atoms with Crippen molar-refractivity contribution < 1.29 is 13.2 Å². The molecular formula is C17H23N3O3S. The number of carbonyl (C=O) groups excluding carboxylic acids is 1. The van der Waals surface area contributed by atoms with Crippen LogP contribution < -0.4 is 0 Å². The van der Waals surface area contributed by atoms with Gasteiger partial charge in [-0.05, 0) is 18.6 Å². The third-order valence-corrected chi connectivity index (χ3v) is 6.57. The van der Waals surface area contributed by atoms with Crippen molar-refractivity contribution in [3.05, 3.63) is 29.8 Å². The minimum Gasteiger partial charge on any atom is -0.340 e. The topological polar surface area (TPSA) is 81.5 Å². The van der Waals surface area contributed by atoms with E-state index in [1.807, 2.05) is 26.8 Å². The van der Waals surface area contributed by atoms with Gasteiger partial charge in [0.05, 0.1) is 10.5 Å². The van der Waals surface area contributed by atoms with Crippen molar-refractivity contribution >= 4 is 15.9 Å². The van der Waals surface area contributed by atoms with Gasteiger partial charge in [-0.15, -0.1) is 0 Å². The van der Waals surface area contributed by atoms with Crippen molar-refractivity contribution in [1.29, 1.82) is 5.26 Å². The summed E-state index contributed by atoms with van der Waals surface area (Å²) in [4.78, 5) is 14.2. The maximum atomic E-state index is 12.8. The van der Waals surface area contributed by atoms with E-state index in [1.165, 1.54) is 16.4 Å². The van der Waals surface area contributed by atoms with Crippen molar-refractivity contribution in [3.8, 4) is 6.07 Å². The van der Waals surface area contributed by atoms with E-state index in [1.54, 1.807) is 17.0 Å². The molecule has 1 aromatic carbocycles. The highest BCUT2D eigenvalue weighted by molar-refractivity contribution is 7.89. The lowest BCUT2D eigenvalue weighted by molar-refractivity contribution is -0.141. The summed E-state index contributed by atoms with van der Waals surface area (Å²) >= 11 is 0. The Morgan fingerprint density at radius 2 is 1.79 bits per heavy atom. The molecule has 1 aromatic rings. The quantitative estimate of drug-likeness (QED) is 0.830. The van der Waals surface area contributed by atoms with Gasteiger partial charge in [-0.2, -0.15) is 9.57 Å². The fraction of sp³-hybridized carbons (Fsp3) is 0.529. The van der Waals surface area contributed by atoms with Crippen LogP contribution in [-0.4, -0.2) is 49.7 Å². The highest BCUT2D eigenvalue weighted by atomic mass is 32.2. The lowest BCUT2D eigenvalue weighted by Crippen LogP contribution is -2.53. The first-order chi connectivity index (χ1) is 11.2. The van der Waals surface area contributed by atoms with Crippen LogP contribution in [0.1, 0.15) is 32.8 Å². The first-order valence-corrected chi connectivity index (χ1v) is 9.46. The van der Waals surface area contributed by atoms with Crippen LogP contribution in [-0.2, 0) is 14.8 Å². The lowest BCUT2D eigenvalue weighted by Gasteiger charge is -2.37. The predicted molar refractivity (Wildman–Crippen MR) is 90.6 cm³/mol. The Balaban J connectivity index is 2.15. The van der Waals surface area contributed by atoms with Crippen LogP contribution in [0.3, 0.4) is 0 Å². The Morgan fingerprint density at radius 3 is 2.33 bits per heavy atom. The number of amides is 1. The van der Waals surface area contributed by atoms with Crippen LogP contribution in [0.4, 0.5) is 0 Å². The van der Waals surface area contributed by atoms with Gasteiger partial charge < -0.3 is 4.90 Å². The first-order valence-electron chi connectivity index (χ1n) is 8.02. The van der Waals surface area contributed by atoms with Crippen molar-refractivity contribution in [2.75, 3.05) is 26.2 Å². The molecule has 130 valence electrons. The average molecular weight is 349 g/mol. The Bertz CT molecular complexity index is 758. The van der Waals surface area contributed by atoms with Gasteiger partial charge in [0.15, 0.2) is 0 Å². The average Bonchev–Trinajstić information content (AvgIpc) is 2.61. The largest absolute Gasteiger partial charge is 0.340 e. The Kier molecular flexibility index (Phi) is 5.31. The summed E-state index contributed by atoms with van der Waals surface area (Å²) in [5.74, 6) is 0.0551. The third-order valence-electron chi connectivity index (χ3n) is 4.61. The Labute approximate surface area is 143 Å². The molecule has 0 radical (unpaired) electrons. The predicted octanol–water partition coefficient (Wildman–Crippen LogP) is 1.83. The molecule has 0 spiro atoms. The molecule has 7 heteroatoms. The van der Waals surface area contributed by atoms with Crippen molar-refractivity contribution in [2.24, 2.45) is 5.41 Å². The molecule has 1 aliphatic rings. The minimum absolute atomic E-state index is 0.0289. The van der Waals surface area contributed by atoms with Crippen LogP contribution in [0.15, 0.2) is 29.2 Å². The molecule has 1 aliphatic heterocycles. The van der Waals surface area contributed by atoms with Crippen LogP contribution >= 0.6 is 0 Å². The summed E-state index contributed by atoms with van der Waals surface area (Å²) in [5.41, 5.74) is -0.294. The smallest absolute Gasteiger partial charge is 0.244 e. The highest BCUT2D eigenvalue weighted by Gasteiger charge is 2.35. The maximum absolute atomic E-state index is 12.8. The Hall–Kier alpha value is -1.91. The SMILES string of the molecule is CCC(C)(C)C(=O)N1CCN(S(=O)(=O)c2ccccc2C#N)CC1. The molecule has 0 N–H and O–H groups in total. The molecule has 0 aromatic heterocycles. The second-order valence-corrected chi connectivity index (χ2v) is 8.45.